The van der Waals surface area contributed by atoms with Crippen molar-refractivity contribution in [3.63, 3.8) is 0 Å². The molecular weight excluding hydrogens is 564 g/mol. The molecule has 1 fully saturated rings. The number of benzene rings is 1. The number of ether oxygens (including phenoxy) is 1. The van der Waals surface area contributed by atoms with E-state index in [4.69, 9.17) is 20.9 Å². The van der Waals surface area contributed by atoms with Crippen molar-refractivity contribution in [1.82, 2.24) is 24.8 Å². The fourth-order valence-electron chi connectivity index (χ4n) is 3.85. The average molecular weight is 578 g/mol. The van der Waals surface area contributed by atoms with Gasteiger partial charge < -0.3 is 29.2 Å². The van der Waals surface area contributed by atoms with E-state index in [0.29, 0.717) is 12.1 Å². The Hall–Kier alpha value is -3.89. The van der Waals surface area contributed by atoms with Gasteiger partial charge in [-0.3, -0.25) is 4.79 Å². The summed E-state index contributed by atoms with van der Waals surface area (Å²) in [7, 11) is 0. The summed E-state index contributed by atoms with van der Waals surface area (Å²) in [5, 5.41) is 24.5. The third-order valence-electron chi connectivity index (χ3n) is 5.69. The monoisotopic (exact) mass is 577 g/mol. The molecule has 4 heterocycles. The first-order valence-electron chi connectivity index (χ1n) is 10.8. The van der Waals surface area contributed by atoms with Gasteiger partial charge in [0, 0.05) is 24.4 Å². The first-order chi connectivity index (χ1) is 18.1. The summed E-state index contributed by atoms with van der Waals surface area (Å²) in [6, 6.07) is 2.60. The number of pyridine rings is 1. The second-order valence-corrected chi connectivity index (χ2v) is 8.97. The molecule has 0 saturated carbocycles. The van der Waals surface area contributed by atoms with E-state index in [9.17, 15) is 41.4 Å². The van der Waals surface area contributed by atoms with Crippen molar-refractivity contribution in [2.45, 2.75) is 30.6 Å². The van der Waals surface area contributed by atoms with Gasteiger partial charge in [0.15, 0.2) is 5.65 Å². The number of amides is 1. The van der Waals surface area contributed by atoms with Gasteiger partial charge in [0.1, 0.15) is 18.1 Å². The number of aromatic nitrogens is 4. The van der Waals surface area contributed by atoms with Crippen molar-refractivity contribution >= 4 is 23.2 Å². The summed E-state index contributed by atoms with van der Waals surface area (Å²) in [5.41, 5.74) is -2.49. The predicted octanol–water partition coefficient (Wildman–Crippen LogP) is 3.69. The fraction of sp³-hybridized carbons (Fsp3) is 0.273. The largest absolute Gasteiger partial charge is 0.491 e. The van der Waals surface area contributed by atoms with E-state index < -0.39 is 60.0 Å². The summed E-state index contributed by atoms with van der Waals surface area (Å²) in [4.78, 5) is 19.5. The molecule has 17 heteroatoms. The Morgan fingerprint density at radius 1 is 1.13 bits per heavy atom. The summed E-state index contributed by atoms with van der Waals surface area (Å²) < 4.78 is 91.8. The van der Waals surface area contributed by atoms with Crippen LogP contribution in [0.4, 0.5) is 26.3 Å². The van der Waals surface area contributed by atoms with E-state index in [2.05, 4.69) is 20.4 Å². The molecule has 1 atom stereocenters. The molecule has 1 amide bonds. The minimum Gasteiger partial charge on any atom is -0.491 e. The highest BCUT2D eigenvalue weighted by Crippen LogP contribution is 2.39. The minimum absolute atomic E-state index is 0.0371. The molecule has 1 saturated heterocycles. The first kappa shape index (κ1) is 26.7. The summed E-state index contributed by atoms with van der Waals surface area (Å²) in [6.45, 7) is -0.478. The summed E-state index contributed by atoms with van der Waals surface area (Å²) in [5.74, 6) is -4.92. The Bertz CT molecular complexity index is 1580. The molecule has 4 aromatic rings. The molecule has 10 nitrogen and oxygen atoms in total. The maximum Gasteiger partial charge on any atom is 0.419 e. The normalized spacial score (nSPS) is 17.6. The van der Waals surface area contributed by atoms with Crippen LogP contribution in [0.2, 0.25) is 5.02 Å². The Morgan fingerprint density at radius 2 is 1.87 bits per heavy atom. The highest BCUT2D eigenvalue weighted by molar-refractivity contribution is 6.33. The Kier molecular flexibility index (Phi) is 6.23. The number of nitrogens with zero attached hydrogens (tertiary/aromatic N) is 4. The lowest BCUT2D eigenvalue weighted by atomic mass is 10.1. The number of hydrogen-bond acceptors (Lipinski definition) is 8. The number of rotatable bonds is 5. The zero-order valence-corrected chi connectivity index (χ0v) is 19.8. The molecule has 0 aliphatic carbocycles. The van der Waals surface area contributed by atoms with Gasteiger partial charge >= 0.3 is 12.4 Å². The number of nitrogens with one attached hydrogen (secondary N) is 1. The molecule has 206 valence electrons. The number of carbonyl (C=O) groups excluding carboxylic acids is 1. The Balaban J connectivity index is 1.41. The van der Waals surface area contributed by atoms with Crippen molar-refractivity contribution in [3.05, 3.63) is 52.8 Å². The van der Waals surface area contributed by atoms with Gasteiger partial charge in [-0.25, -0.2) is 4.98 Å². The van der Waals surface area contributed by atoms with E-state index in [-0.39, 0.29) is 33.6 Å². The molecule has 0 radical (unpaired) electrons. The minimum atomic E-state index is -4.89. The number of halogens is 7. The quantitative estimate of drug-likeness (QED) is 0.241. The number of aliphatic hydroxyl groups is 2. The highest BCUT2D eigenvalue weighted by Gasteiger charge is 2.44. The van der Waals surface area contributed by atoms with E-state index in [1.165, 1.54) is 6.07 Å². The molecule has 5 rings (SSSR count). The zero-order valence-electron chi connectivity index (χ0n) is 19.0. The number of fused-ring (bicyclic) bond motifs is 1. The second kappa shape index (κ2) is 9.10. The lowest BCUT2D eigenvalue weighted by Gasteiger charge is -2.17. The van der Waals surface area contributed by atoms with Gasteiger partial charge in [-0.05, 0) is 24.3 Å². The van der Waals surface area contributed by atoms with Gasteiger partial charge in [-0.2, -0.15) is 31.3 Å². The Labute approximate surface area is 217 Å². The SMILES string of the molecule is O=C1NC(COc2ccc(-c3nc(-c4cn5cc(C(F)(F)F)cc(Cl)c5n4)no3)cc2C(F)(F)F)CC1(O)O. The van der Waals surface area contributed by atoms with Crippen LogP contribution in [0.25, 0.3) is 28.6 Å². The number of imidazole rings is 1. The van der Waals surface area contributed by atoms with E-state index in [1.54, 1.807) is 0 Å². The Morgan fingerprint density at radius 3 is 2.51 bits per heavy atom. The van der Waals surface area contributed by atoms with Crippen LogP contribution < -0.4 is 10.1 Å². The maximum absolute atomic E-state index is 13.8. The van der Waals surface area contributed by atoms with Crippen LogP contribution in [0.3, 0.4) is 0 Å². The molecule has 1 aliphatic rings. The molecule has 1 aliphatic heterocycles. The number of alkyl halides is 6. The van der Waals surface area contributed by atoms with Crippen LogP contribution in [0, 0.1) is 0 Å². The topological polar surface area (TPSA) is 135 Å². The fourth-order valence-corrected chi connectivity index (χ4v) is 4.11. The zero-order chi connectivity index (χ0) is 28.3. The highest BCUT2D eigenvalue weighted by atomic mass is 35.5. The predicted molar refractivity (Wildman–Crippen MR) is 118 cm³/mol. The third-order valence-corrected chi connectivity index (χ3v) is 5.97. The van der Waals surface area contributed by atoms with Crippen LogP contribution in [0.1, 0.15) is 17.5 Å². The molecule has 1 aromatic carbocycles. The van der Waals surface area contributed by atoms with E-state index in [1.807, 2.05) is 0 Å². The third kappa shape index (κ3) is 5.22. The second-order valence-electron chi connectivity index (χ2n) is 8.57. The molecule has 0 bridgehead atoms. The van der Waals surface area contributed by atoms with Gasteiger partial charge in [0.2, 0.25) is 11.6 Å². The smallest absolute Gasteiger partial charge is 0.419 e. The lowest BCUT2D eigenvalue weighted by molar-refractivity contribution is -0.176. The first-order valence-corrected chi connectivity index (χ1v) is 11.2. The molecule has 1 unspecified atom stereocenters. The summed E-state index contributed by atoms with van der Waals surface area (Å²) in [6.07, 6.45) is -8.13. The van der Waals surface area contributed by atoms with Gasteiger partial charge in [-0.1, -0.05) is 16.8 Å². The van der Waals surface area contributed by atoms with E-state index >= 15 is 0 Å². The van der Waals surface area contributed by atoms with Crippen LogP contribution in [-0.4, -0.2) is 54.1 Å². The van der Waals surface area contributed by atoms with E-state index in [0.717, 1.165) is 22.9 Å². The number of carbonyl (C=O) groups is 1. The van der Waals surface area contributed by atoms with Crippen molar-refractivity contribution in [1.29, 1.82) is 0 Å². The number of hydrogen-bond donors (Lipinski definition) is 3. The standard InChI is InChI=1S/C22H14ClF6N5O5/c23-13-4-10(21(24,25)26)6-34-7-14(31-17(13)34)16-32-18(39-33-16)9-1-2-15(12(3-9)22(27,28)29)38-8-11-5-20(36,37)19(35)30-11/h1-4,6-7,11,36-37H,5,8H2,(H,30,35). The van der Waals surface area contributed by atoms with Crippen molar-refractivity contribution in [2.75, 3.05) is 6.61 Å². The molecular formula is C22H14ClF6N5O5. The van der Waals surface area contributed by atoms with Gasteiger partial charge in [0.05, 0.1) is 22.2 Å². The molecule has 3 N–H and O–H groups in total. The van der Waals surface area contributed by atoms with Crippen LogP contribution in [0.15, 0.2) is 41.2 Å². The van der Waals surface area contributed by atoms with Crippen LogP contribution in [-0.2, 0) is 17.1 Å². The maximum atomic E-state index is 13.8. The lowest BCUT2D eigenvalue weighted by Crippen LogP contribution is -2.37. The van der Waals surface area contributed by atoms with Gasteiger partial charge in [-0.15, -0.1) is 0 Å². The van der Waals surface area contributed by atoms with Crippen molar-refractivity contribution < 1.29 is 50.6 Å². The summed E-state index contributed by atoms with van der Waals surface area (Å²) >= 11 is 5.92. The molecule has 39 heavy (non-hydrogen) atoms. The average Bonchev–Trinajstić information content (AvgIpc) is 3.54. The molecule has 3 aromatic heterocycles. The van der Waals surface area contributed by atoms with Crippen molar-refractivity contribution in [2.24, 2.45) is 0 Å². The molecule has 0 spiro atoms. The van der Waals surface area contributed by atoms with Crippen LogP contribution >= 0.6 is 11.6 Å². The van der Waals surface area contributed by atoms with Crippen LogP contribution in [0.5, 0.6) is 5.75 Å². The van der Waals surface area contributed by atoms with Gasteiger partial charge in [0.25, 0.3) is 11.8 Å². The van der Waals surface area contributed by atoms with Crippen molar-refractivity contribution in [3.8, 4) is 28.7 Å².